The molecule has 0 amide bonds. The maximum absolute atomic E-state index is 12.1. The summed E-state index contributed by atoms with van der Waals surface area (Å²) in [5.74, 6) is -2.00. The van der Waals surface area contributed by atoms with Gasteiger partial charge in [0.25, 0.3) is 0 Å². The van der Waals surface area contributed by atoms with E-state index >= 15 is 0 Å². The number of hydrogen-bond donors (Lipinski definition) is 1. The molecule has 0 aliphatic carbocycles. The monoisotopic (exact) mass is 342 g/mol. The Bertz CT molecular complexity index is 627. The Kier molecular flexibility index (Phi) is 5.04. The molecule has 1 aromatic rings. The topological polar surface area (TPSA) is 82.1 Å². The van der Waals surface area contributed by atoms with E-state index in [1.54, 1.807) is 13.0 Å². The highest BCUT2D eigenvalue weighted by Gasteiger charge is 2.51. The second-order valence-corrected chi connectivity index (χ2v) is 6.08. The third-order valence-electron chi connectivity index (χ3n) is 3.67. The lowest BCUT2D eigenvalue weighted by atomic mass is 9.99. The molecule has 1 aliphatic rings. The largest absolute Gasteiger partial charge is 0.513 e. The van der Waals surface area contributed by atoms with Gasteiger partial charge in [0.1, 0.15) is 0 Å². The van der Waals surface area contributed by atoms with E-state index in [4.69, 9.17) is 26.2 Å². The van der Waals surface area contributed by atoms with Crippen LogP contribution in [0.25, 0.3) is 0 Å². The Hall–Kier alpha value is -1.95. The van der Waals surface area contributed by atoms with Crippen molar-refractivity contribution >= 4 is 23.7 Å². The molecule has 7 heteroatoms. The van der Waals surface area contributed by atoms with E-state index in [9.17, 15) is 9.59 Å². The van der Waals surface area contributed by atoms with Crippen molar-refractivity contribution in [3.05, 3.63) is 23.3 Å². The minimum atomic E-state index is -1.77. The van der Waals surface area contributed by atoms with Gasteiger partial charge in [-0.15, -0.1) is 11.6 Å². The molecule has 1 aromatic carbocycles. The number of rotatable bonds is 5. The quantitative estimate of drug-likeness (QED) is 0.501. The van der Waals surface area contributed by atoms with Gasteiger partial charge in [0, 0.05) is 17.4 Å². The number of carbonyl (C=O) groups is 2. The summed E-state index contributed by atoms with van der Waals surface area (Å²) in [5, 5.41) is 8.60. The van der Waals surface area contributed by atoms with Gasteiger partial charge in [-0.25, -0.2) is 9.59 Å². The zero-order valence-corrected chi connectivity index (χ0v) is 14.0. The number of hydrogen-bond acceptors (Lipinski definition) is 5. The van der Waals surface area contributed by atoms with E-state index in [0.29, 0.717) is 24.3 Å². The van der Waals surface area contributed by atoms with Crippen LogP contribution >= 0.6 is 11.6 Å². The minimum absolute atomic E-state index is 0.0476. The van der Waals surface area contributed by atoms with E-state index in [1.807, 2.05) is 19.9 Å². The summed E-state index contributed by atoms with van der Waals surface area (Å²) in [4.78, 5) is 22.7. The van der Waals surface area contributed by atoms with Crippen molar-refractivity contribution < 1.29 is 28.9 Å². The number of esters is 1. The first-order valence-corrected chi connectivity index (χ1v) is 7.88. The molecule has 23 heavy (non-hydrogen) atoms. The van der Waals surface area contributed by atoms with Gasteiger partial charge in [-0.2, -0.15) is 0 Å². The zero-order chi connectivity index (χ0) is 17.2. The first-order valence-electron chi connectivity index (χ1n) is 7.45. The van der Waals surface area contributed by atoms with Gasteiger partial charge < -0.3 is 19.3 Å². The Morgan fingerprint density at radius 2 is 2.04 bits per heavy atom. The fraction of sp³-hybridized carbons (Fsp3) is 0.500. The van der Waals surface area contributed by atoms with Gasteiger partial charge in [-0.1, -0.05) is 19.9 Å². The number of benzene rings is 1. The van der Waals surface area contributed by atoms with Crippen LogP contribution in [0.2, 0.25) is 0 Å². The fourth-order valence-electron chi connectivity index (χ4n) is 2.61. The molecular formula is C16H19ClO6. The highest BCUT2D eigenvalue weighted by atomic mass is 35.5. The van der Waals surface area contributed by atoms with Gasteiger partial charge in [0.15, 0.2) is 11.5 Å². The molecule has 6 nitrogen and oxygen atoms in total. The van der Waals surface area contributed by atoms with Gasteiger partial charge in [0.05, 0.1) is 0 Å². The molecule has 0 aromatic heterocycles. The molecule has 2 atom stereocenters. The molecule has 0 spiro atoms. The molecule has 0 saturated carbocycles. The van der Waals surface area contributed by atoms with E-state index in [0.717, 1.165) is 11.1 Å². The first kappa shape index (κ1) is 17.4. The molecule has 0 fully saturated rings. The van der Waals surface area contributed by atoms with Crippen LogP contribution in [0.1, 0.15) is 38.3 Å². The van der Waals surface area contributed by atoms with Crippen LogP contribution in [-0.4, -0.2) is 28.4 Å². The van der Waals surface area contributed by atoms with E-state index in [2.05, 4.69) is 4.74 Å². The second-order valence-electron chi connectivity index (χ2n) is 5.33. The Balaban J connectivity index is 2.39. The van der Waals surface area contributed by atoms with Gasteiger partial charge in [-0.05, 0) is 31.4 Å². The predicted octanol–water partition coefficient (Wildman–Crippen LogP) is 3.52. The number of carboxylic acid groups (broad SMARTS) is 1. The number of carbonyl (C=O) groups excluding carboxylic acids is 1. The van der Waals surface area contributed by atoms with Crippen LogP contribution in [0, 0.1) is 0 Å². The van der Waals surface area contributed by atoms with Gasteiger partial charge >= 0.3 is 17.9 Å². The number of alkyl halides is 1. The molecule has 1 unspecified atom stereocenters. The van der Waals surface area contributed by atoms with Gasteiger partial charge in [0.2, 0.25) is 0 Å². The van der Waals surface area contributed by atoms with Crippen molar-refractivity contribution in [1.29, 1.82) is 0 Å². The second kappa shape index (κ2) is 6.66. The predicted molar refractivity (Wildman–Crippen MR) is 83.2 cm³/mol. The first-order chi connectivity index (χ1) is 10.8. The average molecular weight is 343 g/mol. The molecule has 0 radical (unpaired) electrons. The van der Waals surface area contributed by atoms with Crippen molar-refractivity contribution in [3.8, 4) is 11.5 Å². The lowest BCUT2D eigenvalue weighted by Gasteiger charge is -2.22. The number of halogens is 1. The third-order valence-corrected chi connectivity index (χ3v) is 3.83. The third kappa shape index (κ3) is 3.37. The van der Waals surface area contributed by atoms with Gasteiger partial charge in [-0.3, -0.25) is 0 Å². The summed E-state index contributed by atoms with van der Waals surface area (Å²) in [6.45, 7) is 5.51. The smallest absolute Gasteiger partial charge is 0.449 e. The standard InChI is InChI=1S/C16H19ClO6/c1-4-11-10(8-9(3)17)6-7-12-13(11)23-16(5-2,22-12)14(18)21-15(19)20/h6-7,9H,4-5,8H2,1-3H3,(H,19,20)/t9-,16?/m0/s1. The lowest BCUT2D eigenvalue weighted by molar-refractivity contribution is -0.179. The Labute approximate surface area is 139 Å². The van der Waals surface area contributed by atoms with Crippen molar-refractivity contribution in [2.75, 3.05) is 0 Å². The van der Waals surface area contributed by atoms with E-state index < -0.39 is 17.9 Å². The highest BCUT2D eigenvalue weighted by Crippen LogP contribution is 2.45. The zero-order valence-electron chi connectivity index (χ0n) is 13.2. The van der Waals surface area contributed by atoms with Crippen LogP contribution in [0.3, 0.4) is 0 Å². The lowest BCUT2D eigenvalue weighted by Crippen LogP contribution is -2.48. The average Bonchev–Trinajstić information content (AvgIpc) is 2.86. The summed E-state index contributed by atoms with van der Waals surface area (Å²) in [6, 6.07) is 3.59. The summed E-state index contributed by atoms with van der Waals surface area (Å²) >= 11 is 6.07. The van der Waals surface area contributed by atoms with Crippen molar-refractivity contribution in [1.82, 2.24) is 0 Å². The van der Waals surface area contributed by atoms with Crippen LogP contribution in [0.4, 0.5) is 4.79 Å². The normalized spacial score (nSPS) is 20.2. The SMILES string of the molecule is CCc1c(C[C@H](C)Cl)ccc2c1OC(CC)(C(=O)OC(=O)O)O2. The molecule has 1 heterocycles. The summed E-state index contributed by atoms with van der Waals surface area (Å²) < 4.78 is 15.6. The van der Waals surface area contributed by atoms with Crippen LogP contribution < -0.4 is 9.47 Å². The van der Waals surface area contributed by atoms with Crippen molar-refractivity contribution in [2.24, 2.45) is 0 Å². The number of ether oxygens (including phenoxy) is 3. The molecule has 0 bridgehead atoms. The van der Waals surface area contributed by atoms with Crippen LogP contribution in [0.15, 0.2) is 12.1 Å². The van der Waals surface area contributed by atoms with Crippen LogP contribution in [0.5, 0.6) is 11.5 Å². The minimum Gasteiger partial charge on any atom is -0.449 e. The Morgan fingerprint density at radius 3 is 2.57 bits per heavy atom. The molecule has 126 valence electrons. The van der Waals surface area contributed by atoms with E-state index in [-0.39, 0.29) is 11.8 Å². The highest BCUT2D eigenvalue weighted by molar-refractivity contribution is 6.20. The molecule has 1 aliphatic heterocycles. The molecule has 0 saturated heterocycles. The summed E-state index contributed by atoms with van der Waals surface area (Å²) in [7, 11) is 0. The molecular weight excluding hydrogens is 324 g/mol. The van der Waals surface area contributed by atoms with Crippen molar-refractivity contribution in [3.63, 3.8) is 0 Å². The summed E-state index contributed by atoms with van der Waals surface area (Å²) in [6.07, 6.45) is -0.268. The molecule has 2 rings (SSSR count). The van der Waals surface area contributed by atoms with Crippen LogP contribution in [-0.2, 0) is 22.4 Å². The van der Waals surface area contributed by atoms with Crippen molar-refractivity contribution in [2.45, 2.75) is 51.2 Å². The summed E-state index contributed by atoms with van der Waals surface area (Å²) in [5.41, 5.74) is 1.91. The maximum atomic E-state index is 12.1. The fourth-order valence-corrected chi connectivity index (χ4v) is 2.78. The Morgan fingerprint density at radius 1 is 1.35 bits per heavy atom. The van der Waals surface area contributed by atoms with E-state index in [1.165, 1.54) is 0 Å². The number of fused-ring (bicyclic) bond motifs is 1. The maximum Gasteiger partial charge on any atom is 0.513 e. The molecule has 1 N–H and O–H groups in total.